The first-order chi connectivity index (χ1) is 10.1. The van der Waals surface area contributed by atoms with Crippen molar-refractivity contribution in [3.8, 4) is 0 Å². The average Bonchev–Trinajstić information content (AvgIpc) is 2.48. The zero-order chi connectivity index (χ0) is 15.2. The molecule has 1 aliphatic rings. The fourth-order valence-electron chi connectivity index (χ4n) is 2.56. The molecule has 1 fully saturated rings. The van der Waals surface area contributed by atoms with E-state index >= 15 is 0 Å². The SMILES string of the molecule is COCCNCc1ccc(N2CCN(C)C(C)C2)cc1Cl. The number of ether oxygens (including phenoxy) is 1. The Hall–Kier alpha value is -0.810. The Labute approximate surface area is 133 Å². The summed E-state index contributed by atoms with van der Waals surface area (Å²) in [6.07, 6.45) is 0. The third-order valence-corrected chi connectivity index (χ3v) is 4.51. The Morgan fingerprint density at radius 1 is 1.38 bits per heavy atom. The maximum atomic E-state index is 6.42. The molecule has 0 amide bonds. The molecule has 1 aromatic rings. The number of likely N-dealkylation sites (N-methyl/N-ethyl adjacent to an activating group) is 1. The molecule has 0 saturated carbocycles. The first kappa shape index (κ1) is 16.6. The molecule has 1 unspecified atom stereocenters. The Balaban J connectivity index is 1.95. The smallest absolute Gasteiger partial charge is 0.0587 e. The van der Waals surface area contributed by atoms with Crippen molar-refractivity contribution in [1.82, 2.24) is 10.2 Å². The number of benzene rings is 1. The zero-order valence-corrected chi connectivity index (χ0v) is 14.0. The second kappa shape index (κ2) is 7.99. The van der Waals surface area contributed by atoms with Gasteiger partial charge in [-0.05, 0) is 31.7 Å². The molecular formula is C16H26ClN3O. The van der Waals surface area contributed by atoms with E-state index in [4.69, 9.17) is 16.3 Å². The van der Waals surface area contributed by atoms with Gasteiger partial charge in [-0.3, -0.25) is 0 Å². The molecule has 118 valence electrons. The van der Waals surface area contributed by atoms with Crippen LogP contribution in [-0.2, 0) is 11.3 Å². The number of hydrogen-bond acceptors (Lipinski definition) is 4. The van der Waals surface area contributed by atoms with E-state index in [9.17, 15) is 0 Å². The highest BCUT2D eigenvalue weighted by atomic mass is 35.5. The second-order valence-electron chi connectivity index (χ2n) is 5.72. The van der Waals surface area contributed by atoms with Gasteiger partial charge in [-0.2, -0.15) is 0 Å². The summed E-state index contributed by atoms with van der Waals surface area (Å²) in [4.78, 5) is 4.81. The quantitative estimate of drug-likeness (QED) is 0.815. The zero-order valence-electron chi connectivity index (χ0n) is 13.2. The van der Waals surface area contributed by atoms with E-state index in [0.717, 1.165) is 49.9 Å². The van der Waals surface area contributed by atoms with Crippen molar-refractivity contribution < 1.29 is 4.74 Å². The van der Waals surface area contributed by atoms with E-state index in [1.807, 2.05) is 0 Å². The molecule has 1 atom stereocenters. The predicted molar refractivity (Wildman–Crippen MR) is 89.3 cm³/mol. The van der Waals surface area contributed by atoms with Crippen LogP contribution < -0.4 is 10.2 Å². The van der Waals surface area contributed by atoms with E-state index in [-0.39, 0.29) is 0 Å². The summed E-state index contributed by atoms with van der Waals surface area (Å²) in [5, 5.41) is 4.16. The number of rotatable bonds is 6. The fraction of sp³-hybridized carbons (Fsp3) is 0.625. The monoisotopic (exact) mass is 311 g/mol. The van der Waals surface area contributed by atoms with Crippen LogP contribution >= 0.6 is 11.6 Å². The van der Waals surface area contributed by atoms with Crippen LogP contribution in [0, 0.1) is 0 Å². The Morgan fingerprint density at radius 3 is 2.86 bits per heavy atom. The van der Waals surface area contributed by atoms with Crippen molar-refractivity contribution >= 4 is 17.3 Å². The predicted octanol–water partition coefficient (Wildman–Crippen LogP) is 2.22. The summed E-state index contributed by atoms with van der Waals surface area (Å²) in [6, 6.07) is 6.97. The molecule has 1 heterocycles. The van der Waals surface area contributed by atoms with Gasteiger partial charge in [0.15, 0.2) is 0 Å². The van der Waals surface area contributed by atoms with Crippen molar-refractivity contribution in [2.75, 3.05) is 51.8 Å². The van der Waals surface area contributed by atoms with Crippen LogP contribution in [0.5, 0.6) is 0 Å². The summed E-state index contributed by atoms with van der Waals surface area (Å²) in [7, 11) is 3.89. The van der Waals surface area contributed by atoms with Gasteiger partial charge in [0.05, 0.1) is 6.61 Å². The summed E-state index contributed by atoms with van der Waals surface area (Å²) >= 11 is 6.42. The van der Waals surface area contributed by atoms with Gasteiger partial charge >= 0.3 is 0 Å². The molecule has 0 bridgehead atoms. The first-order valence-electron chi connectivity index (χ1n) is 7.55. The third-order valence-electron chi connectivity index (χ3n) is 4.16. The number of nitrogens with one attached hydrogen (secondary N) is 1. The Morgan fingerprint density at radius 2 is 2.19 bits per heavy atom. The largest absolute Gasteiger partial charge is 0.383 e. The van der Waals surface area contributed by atoms with E-state index in [1.165, 1.54) is 5.69 Å². The van der Waals surface area contributed by atoms with Gasteiger partial charge in [-0.25, -0.2) is 0 Å². The second-order valence-corrected chi connectivity index (χ2v) is 6.13. The molecule has 4 nitrogen and oxygen atoms in total. The van der Waals surface area contributed by atoms with Gasteiger partial charge < -0.3 is 19.9 Å². The lowest BCUT2D eigenvalue weighted by molar-refractivity contribution is 0.199. The van der Waals surface area contributed by atoms with Gasteiger partial charge in [0.25, 0.3) is 0 Å². The Bertz CT molecular complexity index is 455. The molecular weight excluding hydrogens is 286 g/mol. The lowest BCUT2D eigenvalue weighted by Crippen LogP contribution is -2.50. The van der Waals surface area contributed by atoms with Crippen LogP contribution in [0.1, 0.15) is 12.5 Å². The topological polar surface area (TPSA) is 27.7 Å². The lowest BCUT2D eigenvalue weighted by atomic mass is 10.1. The third kappa shape index (κ3) is 4.58. The van der Waals surface area contributed by atoms with E-state index in [2.05, 4.69) is 47.3 Å². The molecule has 1 N–H and O–H groups in total. The van der Waals surface area contributed by atoms with Gasteiger partial charge in [-0.15, -0.1) is 0 Å². The normalized spacial score (nSPS) is 20.0. The van der Waals surface area contributed by atoms with Crippen molar-refractivity contribution in [2.24, 2.45) is 0 Å². The maximum absolute atomic E-state index is 6.42. The lowest BCUT2D eigenvalue weighted by Gasteiger charge is -2.39. The van der Waals surface area contributed by atoms with Crippen LogP contribution in [0.3, 0.4) is 0 Å². The molecule has 1 aromatic carbocycles. The minimum Gasteiger partial charge on any atom is -0.383 e. The van der Waals surface area contributed by atoms with E-state index < -0.39 is 0 Å². The molecule has 0 radical (unpaired) electrons. The molecule has 2 rings (SSSR count). The summed E-state index contributed by atoms with van der Waals surface area (Å²) in [6.45, 7) is 7.81. The highest BCUT2D eigenvalue weighted by Gasteiger charge is 2.21. The number of methoxy groups -OCH3 is 1. The van der Waals surface area contributed by atoms with Crippen LogP contribution in [0.25, 0.3) is 0 Å². The number of hydrogen-bond donors (Lipinski definition) is 1. The molecule has 1 saturated heterocycles. The standard InChI is InChI=1S/C16H26ClN3O/c1-13-12-20(8-7-19(13)2)15-5-4-14(16(17)10-15)11-18-6-9-21-3/h4-5,10,13,18H,6-9,11-12H2,1-3H3. The van der Waals surface area contributed by atoms with E-state index in [0.29, 0.717) is 6.04 Å². The minimum absolute atomic E-state index is 0.577. The van der Waals surface area contributed by atoms with Crippen LogP contribution in [-0.4, -0.2) is 57.9 Å². The molecule has 5 heteroatoms. The number of nitrogens with zero attached hydrogens (tertiary/aromatic N) is 2. The van der Waals surface area contributed by atoms with Crippen LogP contribution in [0.2, 0.25) is 5.02 Å². The molecule has 21 heavy (non-hydrogen) atoms. The Kier molecular flexibility index (Phi) is 6.30. The van der Waals surface area contributed by atoms with Gasteiger partial charge in [0.2, 0.25) is 0 Å². The summed E-state index contributed by atoms with van der Waals surface area (Å²) < 4.78 is 5.02. The number of anilines is 1. The van der Waals surface area contributed by atoms with Crippen molar-refractivity contribution in [1.29, 1.82) is 0 Å². The molecule has 1 aliphatic heterocycles. The fourth-order valence-corrected chi connectivity index (χ4v) is 2.80. The molecule has 0 aliphatic carbocycles. The highest BCUT2D eigenvalue weighted by molar-refractivity contribution is 6.31. The van der Waals surface area contributed by atoms with E-state index in [1.54, 1.807) is 7.11 Å². The highest BCUT2D eigenvalue weighted by Crippen LogP contribution is 2.25. The van der Waals surface area contributed by atoms with Crippen molar-refractivity contribution in [3.05, 3.63) is 28.8 Å². The van der Waals surface area contributed by atoms with Gasteiger partial charge in [-0.1, -0.05) is 17.7 Å². The first-order valence-corrected chi connectivity index (χ1v) is 7.93. The summed E-state index contributed by atoms with van der Waals surface area (Å²) in [5.74, 6) is 0. The summed E-state index contributed by atoms with van der Waals surface area (Å²) in [5.41, 5.74) is 2.36. The minimum atomic E-state index is 0.577. The van der Waals surface area contributed by atoms with Crippen molar-refractivity contribution in [3.63, 3.8) is 0 Å². The molecule has 0 spiro atoms. The number of halogens is 1. The van der Waals surface area contributed by atoms with Gasteiger partial charge in [0, 0.05) is 56.6 Å². The maximum Gasteiger partial charge on any atom is 0.0587 e. The van der Waals surface area contributed by atoms with Crippen molar-refractivity contribution in [2.45, 2.75) is 19.5 Å². The molecule has 0 aromatic heterocycles. The van der Waals surface area contributed by atoms with Crippen LogP contribution in [0.15, 0.2) is 18.2 Å². The van der Waals surface area contributed by atoms with Gasteiger partial charge in [0.1, 0.15) is 0 Å². The van der Waals surface area contributed by atoms with Crippen LogP contribution in [0.4, 0.5) is 5.69 Å². The average molecular weight is 312 g/mol. The number of piperazine rings is 1.